The highest BCUT2D eigenvalue weighted by molar-refractivity contribution is 6.30. The molecule has 0 saturated carbocycles. The van der Waals surface area contributed by atoms with Gasteiger partial charge < -0.3 is 4.90 Å². The minimum Gasteiger partial charge on any atom is -0.304 e. The van der Waals surface area contributed by atoms with Crippen LogP contribution in [0.1, 0.15) is 22.6 Å². The highest BCUT2D eigenvalue weighted by Gasteiger charge is 2.39. The SMILES string of the molecule is O=C1C(Cc2ccc(Cl)cc2)c2cccc(F)c2N1Cc1ccccc1. The average molecular weight is 366 g/mol. The molecule has 130 valence electrons. The maximum absolute atomic E-state index is 14.6. The van der Waals surface area contributed by atoms with Crippen molar-refractivity contribution in [1.29, 1.82) is 0 Å². The molecule has 0 N–H and O–H groups in total. The molecule has 0 spiro atoms. The first-order valence-electron chi connectivity index (χ1n) is 8.51. The fourth-order valence-corrected chi connectivity index (χ4v) is 3.63. The highest BCUT2D eigenvalue weighted by atomic mass is 35.5. The van der Waals surface area contributed by atoms with E-state index < -0.39 is 0 Å². The van der Waals surface area contributed by atoms with Crippen LogP contribution in [0.4, 0.5) is 10.1 Å². The summed E-state index contributed by atoms with van der Waals surface area (Å²) in [5.74, 6) is -0.806. The average Bonchev–Trinajstić information content (AvgIpc) is 2.91. The van der Waals surface area contributed by atoms with Crippen LogP contribution in [0, 0.1) is 5.82 Å². The number of nitrogens with zero attached hydrogens (tertiary/aromatic N) is 1. The van der Waals surface area contributed by atoms with Gasteiger partial charge in [0.05, 0.1) is 18.2 Å². The number of benzene rings is 3. The first kappa shape index (κ1) is 16.8. The van der Waals surface area contributed by atoms with Crippen LogP contribution in [-0.4, -0.2) is 5.91 Å². The van der Waals surface area contributed by atoms with Crippen LogP contribution < -0.4 is 4.90 Å². The van der Waals surface area contributed by atoms with E-state index in [0.29, 0.717) is 23.7 Å². The van der Waals surface area contributed by atoms with Gasteiger partial charge in [-0.25, -0.2) is 4.39 Å². The molecule has 4 heteroatoms. The zero-order valence-electron chi connectivity index (χ0n) is 14.0. The predicted molar refractivity (Wildman–Crippen MR) is 102 cm³/mol. The number of halogens is 2. The van der Waals surface area contributed by atoms with Gasteiger partial charge in [0.15, 0.2) is 0 Å². The van der Waals surface area contributed by atoms with Crippen molar-refractivity contribution in [2.75, 3.05) is 4.90 Å². The van der Waals surface area contributed by atoms with E-state index in [1.807, 2.05) is 60.7 Å². The van der Waals surface area contributed by atoms with Gasteiger partial charge in [0.2, 0.25) is 5.91 Å². The van der Waals surface area contributed by atoms with Crippen LogP contribution in [0.25, 0.3) is 0 Å². The molecule has 0 aliphatic carbocycles. The molecule has 1 aliphatic heterocycles. The van der Waals surface area contributed by atoms with Gasteiger partial charge in [-0.1, -0.05) is 66.2 Å². The minimum absolute atomic E-state index is 0.0658. The Hall–Kier alpha value is -2.65. The standard InChI is InChI=1S/C22H17ClFNO/c23-17-11-9-15(10-12-17)13-19-18-7-4-8-20(24)21(18)25(22(19)26)14-16-5-2-1-3-6-16/h1-12,19H,13-14H2. The lowest BCUT2D eigenvalue weighted by molar-refractivity contribution is -0.119. The Balaban J connectivity index is 1.69. The summed E-state index contributed by atoms with van der Waals surface area (Å²) < 4.78 is 14.6. The van der Waals surface area contributed by atoms with Gasteiger partial charge in [-0.05, 0) is 41.3 Å². The number of hydrogen-bond donors (Lipinski definition) is 0. The monoisotopic (exact) mass is 365 g/mol. The van der Waals surface area contributed by atoms with Crippen molar-refractivity contribution in [2.24, 2.45) is 0 Å². The lowest BCUT2D eigenvalue weighted by Crippen LogP contribution is -2.29. The third-order valence-electron chi connectivity index (χ3n) is 4.76. The first-order chi connectivity index (χ1) is 12.6. The van der Waals surface area contributed by atoms with Crippen molar-refractivity contribution in [3.05, 3.63) is 100 Å². The molecule has 0 aromatic heterocycles. The van der Waals surface area contributed by atoms with Gasteiger partial charge in [0, 0.05) is 5.02 Å². The van der Waals surface area contributed by atoms with Crippen molar-refractivity contribution in [3.8, 4) is 0 Å². The number of hydrogen-bond acceptors (Lipinski definition) is 1. The van der Waals surface area contributed by atoms with Crippen molar-refractivity contribution in [2.45, 2.75) is 18.9 Å². The number of fused-ring (bicyclic) bond motifs is 1. The predicted octanol–water partition coefficient (Wildman–Crippen LogP) is 5.35. The lowest BCUT2D eigenvalue weighted by Gasteiger charge is -2.18. The minimum atomic E-state index is -0.384. The Labute approximate surface area is 156 Å². The summed E-state index contributed by atoms with van der Waals surface area (Å²) in [4.78, 5) is 14.7. The Kier molecular flexibility index (Phi) is 4.48. The third kappa shape index (κ3) is 3.11. The van der Waals surface area contributed by atoms with E-state index in [1.54, 1.807) is 11.0 Å². The fraction of sp³-hybridized carbons (Fsp3) is 0.136. The van der Waals surface area contributed by atoms with E-state index in [9.17, 15) is 9.18 Å². The van der Waals surface area contributed by atoms with Gasteiger partial charge in [-0.15, -0.1) is 0 Å². The van der Waals surface area contributed by atoms with E-state index in [0.717, 1.165) is 16.7 Å². The second-order valence-electron chi connectivity index (χ2n) is 6.47. The molecule has 4 rings (SSSR count). The molecule has 0 bridgehead atoms. The Morgan fingerprint density at radius 3 is 2.35 bits per heavy atom. The van der Waals surface area contributed by atoms with Crippen molar-refractivity contribution >= 4 is 23.2 Å². The molecule has 0 radical (unpaired) electrons. The van der Waals surface area contributed by atoms with Crippen LogP contribution in [-0.2, 0) is 17.8 Å². The van der Waals surface area contributed by atoms with Crippen molar-refractivity contribution < 1.29 is 9.18 Å². The Bertz CT molecular complexity index is 940. The molecule has 1 aliphatic rings. The summed E-state index contributed by atoms with van der Waals surface area (Å²) >= 11 is 5.95. The molecule has 1 amide bonds. The van der Waals surface area contributed by atoms with Crippen LogP contribution in [0.15, 0.2) is 72.8 Å². The molecule has 1 unspecified atom stereocenters. The smallest absolute Gasteiger partial charge is 0.235 e. The number of anilines is 1. The zero-order valence-corrected chi connectivity index (χ0v) is 14.8. The number of para-hydroxylation sites is 1. The number of carbonyl (C=O) groups excluding carboxylic acids is 1. The van der Waals surface area contributed by atoms with Gasteiger partial charge in [0.1, 0.15) is 5.82 Å². The molecule has 3 aromatic carbocycles. The number of carbonyl (C=O) groups is 1. The van der Waals surface area contributed by atoms with Crippen molar-refractivity contribution in [1.82, 2.24) is 0 Å². The topological polar surface area (TPSA) is 20.3 Å². The van der Waals surface area contributed by atoms with Gasteiger partial charge >= 0.3 is 0 Å². The molecule has 1 atom stereocenters. The summed E-state index contributed by atoms with van der Waals surface area (Å²) in [6.07, 6.45) is 0.526. The number of amides is 1. The molecule has 0 saturated heterocycles. The van der Waals surface area contributed by atoms with E-state index in [4.69, 9.17) is 11.6 Å². The summed E-state index contributed by atoms with van der Waals surface area (Å²) in [5, 5.41) is 0.656. The summed E-state index contributed by atoms with van der Waals surface area (Å²) in [5.41, 5.74) is 3.13. The summed E-state index contributed by atoms with van der Waals surface area (Å²) in [6.45, 7) is 0.366. The second-order valence-corrected chi connectivity index (χ2v) is 6.91. The lowest BCUT2D eigenvalue weighted by atomic mass is 9.93. The third-order valence-corrected chi connectivity index (χ3v) is 5.02. The van der Waals surface area contributed by atoms with Crippen LogP contribution in [0.2, 0.25) is 5.02 Å². The molecule has 3 aromatic rings. The zero-order chi connectivity index (χ0) is 18.1. The van der Waals surface area contributed by atoms with Crippen LogP contribution in [0.5, 0.6) is 0 Å². The van der Waals surface area contributed by atoms with E-state index in [2.05, 4.69) is 0 Å². The molecule has 26 heavy (non-hydrogen) atoms. The van der Waals surface area contributed by atoms with Crippen LogP contribution in [0.3, 0.4) is 0 Å². The molecular formula is C22H17ClFNO. The fourth-order valence-electron chi connectivity index (χ4n) is 3.51. The largest absolute Gasteiger partial charge is 0.304 e. The normalized spacial score (nSPS) is 16.0. The molecule has 2 nitrogen and oxygen atoms in total. The van der Waals surface area contributed by atoms with Crippen LogP contribution >= 0.6 is 11.6 Å². The quantitative estimate of drug-likeness (QED) is 0.610. The van der Waals surface area contributed by atoms with Crippen molar-refractivity contribution in [3.63, 3.8) is 0 Å². The van der Waals surface area contributed by atoms with Gasteiger partial charge in [0.25, 0.3) is 0 Å². The molecule has 0 fully saturated rings. The summed E-state index contributed by atoms with van der Waals surface area (Å²) in [7, 11) is 0. The maximum Gasteiger partial charge on any atom is 0.235 e. The second kappa shape index (κ2) is 6.93. The van der Waals surface area contributed by atoms with E-state index >= 15 is 0 Å². The van der Waals surface area contributed by atoms with E-state index in [1.165, 1.54) is 6.07 Å². The molecular weight excluding hydrogens is 349 g/mol. The summed E-state index contributed by atoms with van der Waals surface area (Å²) in [6, 6.07) is 22.0. The number of rotatable bonds is 4. The maximum atomic E-state index is 14.6. The Morgan fingerprint density at radius 1 is 0.885 bits per heavy atom. The van der Waals surface area contributed by atoms with Gasteiger partial charge in [-0.3, -0.25) is 4.79 Å². The highest BCUT2D eigenvalue weighted by Crippen LogP contribution is 2.41. The Morgan fingerprint density at radius 2 is 1.62 bits per heavy atom. The molecule has 1 heterocycles. The van der Waals surface area contributed by atoms with Gasteiger partial charge in [-0.2, -0.15) is 0 Å². The van der Waals surface area contributed by atoms with E-state index in [-0.39, 0.29) is 17.6 Å². The first-order valence-corrected chi connectivity index (χ1v) is 8.89.